The SMILES string of the molecule is COc1ccc(OC)c(NC(=O)Cc2ccc[nH]2)c1. The molecule has 5 heteroatoms. The lowest BCUT2D eigenvalue weighted by molar-refractivity contribution is -0.115. The first kappa shape index (κ1) is 13.0. The van der Waals surface area contributed by atoms with Gasteiger partial charge in [-0.25, -0.2) is 0 Å². The molecular weight excluding hydrogens is 244 g/mol. The van der Waals surface area contributed by atoms with Gasteiger partial charge < -0.3 is 19.8 Å². The third-order valence-corrected chi connectivity index (χ3v) is 2.69. The van der Waals surface area contributed by atoms with Crippen LogP contribution in [0.25, 0.3) is 0 Å². The van der Waals surface area contributed by atoms with Crippen molar-refractivity contribution in [3.8, 4) is 11.5 Å². The van der Waals surface area contributed by atoms with Gasteiger partial charge in [0.15, 0.2) is 0 Å². The Morgan fingerprint density at radius 3 is 2.74 bits per heavy atom. The zero-order valence-electron chi connectivity index (χ0n) is 10.9. The second-order valence-electron chi connectivity index (χ2n) is 3.99. The van der Waals surface area contributed by atoms with Crippen molar-refractivity contribution in [3.63, 3.8) is 0 Å². The van der Waals surface area contributed by atoms with E-state index in [0.29, 0.717) is 17.2 Å². The molecule has 2 aromatic rings. The molecule has 0 saturated heterocycles. The summed E-state index contributed by atoms with van der Waals surface area (Å²) in [6.07, 6.45) is 2.07. The van der Waals surface area contributed by atoms with Crippen molar-refractivity contribution in [1.29, 1.82) is 0 Å². The molecule has 0 aliphatic carbocycles. The summed E-state index contributed by atoms with van der Waals surface area (Å²) in [7, 11) is 3.13. The highest BCUT2D eigenvalue weighted by Crippen LogP contribution is 2.28. The van der Waals surface area contributed by atoms with Gasteiger partial charge in [0.05, 0.1) is 26.3 Å². The Morgan fingerprint density at radius 1 is 1.26 bits per heavy atom. The zero-order chi connectivity index (χ0) is 13.7. The summed E-state index contributed by atoms with van der Waals surface area (Å²) >= 11 is 0. The molecule has 0 bridgehead atoms. The fourth-order valence-corrected chi connectivity index (χ4v) is 1.76. The van der Waals surface area contributed by atoms with Gasteiger partial charge in [-0.3, -0.25) is 4.79 Å². The van der Waals surface area contributed by atoms with Crippen molar-refractivity contribution in [3.05, 3.63) is 42.2 Å². The van der Waals surface area contributed by atoms with Crippen LogP contribution in [-0.4, -0.2) is 25.1 Å². The summed E-state index contributed by atoms with van der Waals surface area (Å²) < 4.78 is 10.3. The number of benzene rings is 1. The Labute approximate surface area is 111 Å². The molecule has 2 N–H and O–H groups in total. The number of aromatic amines is 1. The molecule has 2 rings (SSSR count). The molecule has 1 amide bonds. The van der Waals surface area contributed by atoms with Gasteiger partial charge in [0, 0.05) is 18.0 Å². The van der Waals surface area contributed by atoms with Crippen LogP contribution < -0.4 is 14.8 Å². The van der Waals surface area contributed by atoms with Gasteiger partial charge in [0.1, 0.15) is 11.5 Å². The number of hydrogen-bond acceptors (Lipinski definition) is 3. The van der Waals surface area contributed by atoms with E-state index in [1.54, 1.807) is 38.6 Å². The Balaban J connectivity index is 2.10. The van der Waals surface area contributed by atoms with Gasteiger partial charge in [0.25, 0.3) is 0 Å². The Kier molecular flexibility index (Phi) is 4.07. The number of carbonyl (C=O) groups excluding carboxylic acids is 1. The lowest BCUT2D eigenvalue weighted by Crippen LogP contribution is -2.15. The average Bonchev–Trinajstić information content (AvgIpc) is 2.91. The topological polar surface area (TPSA) is 63.4 Å². The van der Waals surface area contributed by atoms with Crippen LogP contribution in [0.4, 0.5) is 5.69 Å². The fraction of sp³-hybridized carbons (Fsp3) is 0.214. The summed E-state index contributed by atoms with van der Waals surface area (Å²) in [5, 5.41) is 2.81. The molecule has 0 fully saturated rings. The van der Waals surface area contributed by atoms with Crippen molar-refractivity contribution in [2.24, 2.45) is 0 Å². The molecule has 1 aromatic heterocycles. The van der Waals surface area contributed by atoms with Crippen molar-refractivity contribution in [1.82, 2.24) is 4.98 Å². The maximum absolute atomic E-state index is 11.9. The molecule has 0 unspecified atom stereocenters. The molecule has 0 atom stereocenters. The molecule has 19 heavy (non-hydrogen) atoms. The molecular formula is C14H16N2O3. The minimum Gasteiger partial charge on any atom is -0.497 e. The number of ether oxygens (including phenoxy) is 2. The van der Waals surface area contributed by atoms with Crippen LogP contribution in [0.1, 0.15) is 5.69 Å². The lowest BCUT2D eigenvalue weighted by atomic mass is 10.2. The summed E-state index contributed by atoms with van der Waals surface area (Å²) in [4.78, 5) is 14.9. The third kappa shape index (κ3) is 3.28. The van der Waals surface area contributed by atoms with E-state index in [9.17, 15) is 4.79 Å². The highest BCUT2D eigenvalue weighted by atomic mass is 16.5. The Morgan fingerprint density at radius 2 is 2.11 bits per heavy atom. The largest absolute Gasteiger partial charge is 0.497 e. The van der Waals surface area contributed by atoms with Gasteiger partial charge >= 0.3 is 0 Å². The van der Waals surface area contributed by atoms with E-state index in [4.69, 9.17) is 9.47 Å². The van der Waals surface area contributed by atoms with E-state index in [0.717, 1.165) is 5.69 Å². The molecule has 0 aliphatic rings. The first-order valence-corrected chi connectivity index (χ1v) is 5.87. The second kappa shape index (κ2) is 5.95. The van der Waals surface area contributed by atoms with Crippen molar-refractivity contribution in [2.75, 3.05) is 19.5 Å². The Bertz CT molecular complexity index is 550. The summed E-state index contributed by atoms with van der Waals surface area (Å²) in [6, 6.07) is 8.98. The van der Waals surface area contributed by atoms with Crippen LogP contribution in [0.5, 0.6) is 11.5 Å². The van der Waals surface area contributed by atoms with Crippen LogP contribution in [-0.2, 0) is 11.2 Å². The minimum absolute atomic E-state index is 0.117. The van der Waals surface area contributed by atoms with E-state index in [1.165, 1.54) is 0 Å². The van der Waals surface area contributed by atoms with E-state index < -0.39 is 0 Å². The number of rotatable bonds is 5. The molecule has 100 valence electrons. The van der Waals surface area contributed by atoms with Gasteiger partial charge in [-0.1, -0.05) is 0 Å². The zero-order valence-corrected chi connectivity index (χ0v) is 10.9. The van der Waals surface area contributed by atoms with E-state index in [1.807, 2.05) is 12.1 Å². The van der Waals surface area contributed by atoms with Crippen molar-refractivity contribution < 1.29 is 14.3 Å². The van der Waals surface area contributed by atoms with Gasteiger partial charge in [-0.15, -0.1) is 0 Å². The molecule has 1 aromatic carbocycles. The number of methoxy groups -OCH3 is 2. The predicted octanol–water partition coefficient (Wildman–Crippen LogP) is 2.21. The first-order valence-electron chi connectivity index (χ1n) is 5.87. The van der Waals surface area contributed by atoms with E-state index >= 15 is 0 Å². The quantitative estimate of drug-likeness (QED) is 0.866. The molecule has 0 radical (unpaired) electrons. The smallest absolute Gasteiger partial charge is 0.230 e. The predicted molar refractivity (Wildman–Crippen MR) is 72.7 cm³/mol. The third-order valence-electron chi connectivity index (χ3n) is 2.69. The molecule has 1 heterocycles. The number of amides is 1. The monoisotopic (exact) mass is 260 g/mol. The highest BCUT2D eigenvalue weighted by Gasteiger charge is 2.10. The van der Waals surface area contributed by atoms with Crippen LogP contribution in [0.3, 0.4) is 0 Å². The van der Waals surface area contributed by atoms with E-state index in [2.05, 4.69) is 10.3 Å². The summed E-state index contributed by atoms with van der Waals surface area (Å²) in [5.74, 6) is 1.14. The summed E-state index contributed by atoms with van der Waals surface area (Å²) in [6.45, 7) is 0. The van der Waals surface area contributed by atoms with Gasteiger partial charge in [-0.2, -0.15) is 0 Å². The van der Waals surface area contributed by atoms with Crippen LogP contribution >= 0.6 is 0 Å². The normalized spacial score (nSPS) is 10.0. The molecule has 0 saturated carbocycles. The number of H-pyrrole nitrogens is 1. The number of carbonyl (C=O) groups is 1. The average molecular weight is 260 g/mol. The van der Waals surface area contributed by atoms with Gasteiger partial charge in [-0.05, 0) is 24.3 Å². The molecule has 5 nitrogen and oxygen atoms in total. The number of anilines is 1. The fourth-order valence-electron chi connectivity index (χ4n) is 1.76. The molecule has 0 aliphatic heterocycles. The van der Waals surface area contributed by atoms with Crippen LogP contribution in [0.2, 0.25) is 0 Å². The number of hydrogen-bond donors (Lipinski definition) is 2. The number of nitrogens with one attached hydrogen (secondary N) is 2. The van der Waals surface area contributed by atoms with Crippen molar-refractivity contribution >= 4 is 11.6 Å². The maximum Gasteiger partial charge on any atom is 0.230 e. The summed E-state index contributed by atoms with van der Waals surface area (Å²) in [5.41, 5.74) is 1.46. The maximum atomic E-state index is 11.9. The number of aromatic nitrogens is 1. The van der Waals surface area contributed by atoms with Crippen LogP contribution in [0, 0.1) is 0 Å². The van der Waals surface area contributed by atoms with Gasteiger partial charge in [0.2, 0.25) is 5.91 Å². The standard InChI is InChI=1S/C14H16N2O3/c1-18-11-5-6-13(19-2)12(9-11)16-14(17)8-10-4-3-7-15-10/h3-7,9,15H,8H2,1-2H3,(H,16,17). The van der Waals surface area contributed by atoms with E-state index in [-0.39, 0.29) is 12.3 Å². The Hall–Kier alpha value is -2.43. The first-order chi connectivity index (χ1) is 9.22. The minimum atomic E-state index is -0.117. The lowest BCUT2D eigenvalue weighted by Gasteiger charge is -2.11. The highest BCUT2D eigenvalue weighted by molar-refractivity contribution is 5.93. The van der Waals surface area contributed by atoms with Crippen LogP contribution in [0.15, 0.2) is 36.5 Å². The second-order valence-corrected chi connectivity index (χ2v) is 3.99. The van der Waals surface area contributed by atoms with Crippen molar-refractivity contribution in [2.45, 2.75) is 6.42 Å². The molecule has 0 spiro atoms.